The van der Waals surface area contributed by atoms with Crippen molar-refractivity contribution < 1.29 is 0 Å². The van der Waals surface area contributed by atoms with Crippen LogP contribution in [0.1, 0.15) is 78.1 Å². The summed E-state index contributed by atoms with van der Waals surface area (Å²) in [5, 5.41) is 3.62. The van der Waals surface area contributed by atoms with Gasteiger partial charge in [-0.05, 0) is 38.1 Å². The number of nitrogens with one attached hydrogen (secondary N) is 1. The molecule has 102 valence electrons. The Kier molecular flexibility index (Phi) is 7.92. The fourth-order valence-corrected chi connectivity index (χ4v) is 3.42. The lowest BCUT2D eigenvalue weighted by Gasteiger charge is -2.31. The van der Waals surface area contributed by atoms with E-state index in [9.17, 15) is 0 Å². The molecule has 0 saturated heterocycles. The van der Waals surface area contributed by atoms with Gasteiger partial charge in [0.2, 0.25) is 0 Å². The van der Waals surface area contributed by atoms with Gasteiger partial charge in [-0.2, -0.15) is 0 Å². The van der Waals surface area contributed by atoms with Crippen molar-refractivity contribution in [3.8, 4) is 0 Å². The summed E-state index contributed by atoms with van der Waals surface area (Å²) in [5.41, 5.74) is 0. The first kappa shape index (κ1) is 15.0. The average molecular weight is 239 g/mol. The zero-order valence-corrected chi connectivity index (χ0v) is 12.3. The molecule has 17 heavy (non-hydrogen) atoms. The first-order valence-electron chi connectivity index (χ1n) is 7.99. The molecule has 1 fully saturated rings. The molecule has 0 aliphatic heterocycles. The van der Waals surface area contributed by atoms with Crippen molar-refractivity contribution in [2.45, 2.75) is 84.1 Å². The normalized spacial score (nSPS) is 21.2. The molecule has 1 atom stereocenters. The summed E-state index contributed by atoms with van der Waals surface area (Å²) in [6.45, 7) is 4.69. The first-order valence-corrected chi connectivity index (χ1v) is 7.99. The van der Waals surface area contributed by atoms with Crippen LogP contribution in [0.25, 0.3) is 0 Å². The molecule has 0 amide bonds. The molecule has 0 spiro atoms. The van der Waals surface area contributed by atoms with Crippen LogP contribution in [0.5, 0.6) is 0 Å². The summed E-state index contributed by atoms with van der Waals surface area (Å²) in [5.74, 6) is 1.87. The fourth-order valence-electron chi connectivity index (χ4n) is 3.42. The topological polar surface area (TPSA) is 12.0 Å². The molecule has 1 nitrogen and oxygen atoms in total. The van der Waals surface area contributed by atoms with E-state index in [0.717, 1.165) is 17.9 Å². The Morgan fingerprint density at radius 1 is 0.941 bits per heavy atom. The van der Waals surface area contributed by atoms with Crippen molar-refractivity contribution in [3.63, 3.8) is 0 Å². The molecule has 1 unspecified atom stereocenters. The highest BCUT2D eigenvalue weighted by atomic mass is 14.9. The van der Waals surface area contributed by atoms with Crippen LogP contribution in [-0.4, -0.2) is 13.1 Å². The summed E-state index contributed by atoms with van der Waals surface area (Å²) >= 11 is 0. The largest absolute Gasteiger partial charge is 0.317 e. The van der Waals surface area contributed by atoms with Crippen LogP contribution in [0.4, 0.5) is 0 Å². The highest BCUT2D eigenvalue weighted by Gasteiger charge is 2.22. The van der Waals surface area contributed by atoms with E-state index in [4.69, 9.17) is 0 Å². The maximum atomic E-state index is 3.62. The molecule has 0 heterocycles. The first-order chi connectivity index (χ1) is 8.31. The van der Waals surface area contributed by atoms with Crippen LogP contribution in [0, 0.1) is 11.8 Å². The minimum Gasteiger partial charge on any atom is -0.317 e. The van der Waals surface area contributed by atoms with Crippen molar-refractivity contribution in [1.82, 2.24) is 5.32 Å². The predicted molar refractivity (Wildman–Crippen MR) is 77.3 cm³/mol. The van der Waals surface area contributed by atoms with E-state index >= 15 is 0 Å². The SMILES string of the molecule is CCC(CC)CC(NC)C1CCCCCCC1. The molecule has 1 rings (SSSR count). The Morgan fingerprint density at radius 2 is 1.47 bits per heavy atom. The van der Waals surface area contributed by atoms with E-state index in [0.29, 0.717) is 0 Å². The van der Waals surface area contributed by atoms with Gasteiger partial charge in [0.1, 0.15) is 0 Å². The molecule has 1 aliphatic carbocycles. The smallest absolute Gasteiger partial charge is 0.00949 e. The van der Waals surface area contributed by atoms with Crippen molar-refractivity contribution in [2.75, 3.05) is 7.05 Å². The van der Waals surface area contributed by atoms with Gasteiger partial charge < -0.3 is 5.32 Å². The molecule has 1 N–H and O–H groups in total. The Labute approximate surface area is 109 Å². The molecular weight excluding hydrogens is 206 g/mol. The lowest BCUT2D eigenvalue weighted by molar-refractivity contribution is 0.250. The van der Waals surface area contributed by atoms with Crippen molar-refractivity contribution in [3.05, 3.63) is 0 Å². The van der Waals surface area contributed by atoms with Crippen molar-refractivity contribution in [2.24, 2.45) is 11.8 Å². The van der Waals surface area contributed by atoms with E-state index in [1.165, 1.54) is 64.2 Å². The van der Waals surface area contributed by atoms with Gasteiger partial charge in [-0.3, -0.25) is 0 Å². The van der Waals surface area contributed by atoms with Crippen LogP contribution >= 0.6 is 0 Å². The van der Waals surface area contributed by atoms with Gasteiger partial charge in [0.25, 0.3) is 0 Å². The van der Waals surface area contributed by atoms with Gasteiger partial charge in [-0.1, -0.05) is 58.8 Å². The summed E-state index contributed by atoms with van der Waals surface area (Å²) in [4.78, 5) is 0. The third-order valence-electron chi connectivity index (χ3n) is 4.83. The number of hydrogen-bond donors (Lipinski definition) is 1. The monoisotopic (exact) mass is 239 g/mol. The maximum Gasteiger partial charge on any atom is 0.00949 e. The van der Waals surface area contributed by atoms with Crippen LogP contribution in [0.15, 0.2) is 0 Å². The Bertz CT molecular complexity index is 166. The van der Waals surface area contributed by atoms with E-state index in [1.807, 2.05) is 0 Å². The van der Waals surface area contributed by atoms with E-state index in [2.05, 4.69) is 26.2 Å². The zero-order chi connectivity index (χ0) is 12.5. The predicted octanol–water partition coefficient (Wildman–Crippen LogP) is 4.76. The number of hydrogen-bond acceptors (Lipinski definition) is 1. The Morgan fingerprint density at radius 3 is 1.94 bits per heavy atom. The van der Waals surface area contributed by atoms with E-state index in [-0.39, 0.29) is 0 Å². The summed E-state index contributed by atoms with van der Waals surface area (Å²) < 4.78 is 0. The molecule has 1 saturated carbocycles. The Hall–Kier alpha value is -0.0400. The van der Waals surface area contributed by atoms with Gasteiger partial charge >= 0.3 is 0 Å². The van der Waals surface area contributed by atoms with E-state index < -0.39 is 0 Å². The maximum absolute atomic E-state index is 3.62. The lowest BCUT2D eigenvalue weighted by atomic mass is 9.81. The van der Waals surface area contributed by atoms with Crippen molar-refractivity contribution >= 4 is 0 Å². The summed E-state index contributed by atoms with van der Waals surface area (Å²) in [7, 11) is 2.17. The van der Waals surface area contributed by atoms with Crippen LogP contribution in [0.2, 0.25) is 0 Å². The second kappa shape index (κ2) is 8.97. The zero-order valence-electron chi connectivity index (χ0n) is 12.3. The number of rotatable bonds is 6. The van der Waals surface area contributed by atoms with E-state index in [1.54, 1.807) is 0 Å². The summed E-state index contributed by atoms with van der Waals surface area (Å²) in [6, 6.07) is 0.776. The fraction of sp³-hybridized carbons (Fsp3) is 1.00. The van der Waals surface area contributed by atoms with Crippen LogP contribution in [-0.2, 0) is 0 Å². The molecule has 1 aliphatic rings. The van der Waals surface area contributed by atoms with Gasteiger partial charge in [0, 0.05) is 6.04 Å². The molecule has 0 radical (unpaired) electrons. The van der Waals surface area contributed by atoms with Crippen LogP contribution in [0.3, 0.4) is 0 Å². The van der Waals surface area contributed by atoms with Gasteiger partial charge in [-0.25, -0.2) is 0 Å². The summed E-state index contributed by atoms with van der Waals surface area (Å²) in [6.07, 6.45) is 14.4. The molecule has 1 heteroatoms. The Balaban J connectivity index is 2.45. The highest BCUT2D eigenvalue weighted by molar-refractivity contribution is 4.79. The molecule has 0 aromatic carbocycles. The second-order valence-electron chi connectivity index (χ2n) is 5.92. The quantitative estimate of drug-likeness (QED) is 0.704. The van der Waals surface area contributed by atoms with Gasteiger partial charge in [0.05, 0.1) is 0 Å². The van der Waals surface area contributed by atoms with Gasteiger partial charge in [-0.15, -0.1) is 0 Å². The molecule has 0 bridgehead atoms. The molecule has 0 aromatic heterocycles. The minimum absolute atomic E-state index is 0.776. The standard InChI is InChI=1S/C16H33N/c1-4-14(5-2)13-16(17-3)15-11-9-7-6-8-10-12-15/h14-17H,4-13H2,1-3H3. The molecular formula is C16H33N. The van der Waals surface area contributed by atoms with Crippen LogP contribution < -0.4 is 5.32 Å². The lowest BCUT2D eigenvalue weighted by Crippen LogP contribution is -2.35. The molecule has 0 aromatic rings. The third kappa shape index (κ3) is 5.42. The van der Waals surface area contributed by atoms with Crippen molar-refractivity contribution in [1.29, 1.82) is 0 Å². The van der Waals surface area contributed by atoms with Gasteiger partial charge in [0.15, 0.2) is 0 Å². The minimum atomic E-state index is 0.776. The second-order valence-corrected chi connectivity index (χ2v) is 5.92. The third-order valence-corrected chi connectivity index (χ3v) is 4.83. The highest BCUT2D eigenvalue weighted by Crippen LogP contribution is 2.28. The average Bonchev–Trinajstić information content (AvgIpc) is 2.32.